The zero-order valence-electron chi connectivity index (χ0n) is 26.2. The molecule has 2 aliphatic heterocycles. The van der Waals surface area contributed by atoms with Crippen molar-refractivity contribution in [2.75, 3.05) is 41.7 Å². The first-order chi connectivity index (χ1) is 21.1. The van der Waals surface area contributed by atoms with E-state index in [4.69, 9.17) is 9.72 Å². The van der Waals surface area contributed by atoms with Crippen LogP contribution in [-0.4, -0.2) is 69.0 Å². The number of nitrogens with zero attached hydrogens (tertiary/aromatic N) is 4. The van der Waals surface area contributed by atoms with Gasteiger partial charge >= 0.3 is 5.97 Å². The van der Waals surface area contributed by atoms with Crippen molar-refractivity contribution in [2.24, 2.45) is 0 Å². The number of benzene rings is 1. The van der Waals surface area contributed by atoms with Crippen molar-refractivity contribution in [3.63, 3.8) is 0 Å². The maximum atomic E-state index is 13.2. The van der Waals surface area contributed by atoms with E-state index in [1.165, 1.54) is 23.4 Å². The molecule has 11 nitrogen and oxygen atoms in total. The summed E-state index contributed by atoms with van der Waals surface area (Å²) in [4.78, 5) is 29.7. The molecule has 236 valence electrons. The van der Waals surface area contributed by atoms with Gasteiger partial charge in [0, 0.05) is 49.9 Å². The third-order valence-electron chi connectivity index (χ3n) is 8.16. The van der Waals surface area contributed by atoms with Crippen LogP contribution in [0.3, 0.4) is 0 Å². The van der Waals surface area contributed by atoms with Crippen molar-refractivity contribution in [3.8, 4) is 11.5 Å². The lowest BCUT2D eigenvalue weighted by Crippen LogP contribution is -2.45. The van der Waals surface area contributed by atoms with E-state index in [-0.39, 0.29) is 18.0 Å². The molecule has 0 bridgehead atoms. The van der Waals surface area contributed by atoms with Gasteiger partial charge in [-0.25, -0.2) is 15.0 Å². The second-order valence-electron chi connectivity index (χ2n) is 12.6. The van der Waals surface area contributed by atoms with Gasteiger partial charge in [-0.2, -0.15) is 0 Å². The maximum absolute atomic E-state index is 13.2. The topological polar surface area (TPSA) is 145 Å². The second-order valence-corrected chi connectivity index (χ2v) is 12.6. The first-order valence-corrected chi connectivity index (χ1v) is 15.6. The van der Waals surface area contributed by atoms with E-state index >= 15 is 0 Å². The minimum Gasteiger partial charge on any atom is -0.504 e. The highest BCUT2D eigenvalue weighted by Gasteiger charge is 2.28. The lowest BCUT2D eigenvalue weighted by Gasteiger charge is -2.34. The minimum atomic E-state index is -0.692. The molecule has 2 aromatic heterocycles. The highest BCUT2D eigenvalue weighted by Crippen LogP contribution is 2.33. The Morgan fingerprint density at radius 3 is 2.66 bits per heavy atom. The molecule has 5 rings (SSSR count). The maximum Gasteiger partial charge on any atom is 0.325 e. The molecular weight excluding hydrogens is 558 g/mol. The van der Waals surface area contributed by atoms with Crippen LogP contribution in [0.15, 0.2) is 36.7 Å². The fourth-order valence-electron chi connectivity index (χ4n) is 5.84. The molecule has 44 heavy (non-hydrogen) atoms. The van der Waals surface area contributed by atoms with Crippen molar-refractivity contribution >= 4 is 23.4 Å². The molecule has 1 saturated heterocycles. The lowest BCUT2D eigenvalue weighted by atomic mass is 9.92. The molecular formula is C33H45N7O4. The third kappa shape index (κ3) is 7.68. The number of anilines is 3. The van der Waals surface area contributed by atoms with Crippen LogP contribution in [0, 0.1) is 0 Å². The predicted molar refractivity (Wildman–Crippen MR) is 171 cm³/mol. The SMILES string of the molecule is CCc1c(NC[C@H](NCc2ccc(O)c(O)c2)C(=O)OC(C)(C)C)ncnc1N1CCC(c2ccc3c(n2)NCCC3)CC1. The summed E-state index contributed by atoms with van der Waals surface area (Å²) in [7, 11) is 0. The number of aromatic hydroxyl groups is 2. The molecule has 0 spiro atoms. The van der Waals surface area contributed by atoms with Gasteiger partial charge in [0.05, 0.1) is 0 Å². The fraction of sp³-hybridized carbons (Fsp3) is 0.515. The lowest BCUT2D eigenvalue weighted by molar-refractivity contribution is -0.157. The molecule has 0 amide bonds. The normalized spacial score (nSPS) is 16.1. The second kappa shape index (κ2) is 13.7. The number of hydrogen-bond acceptors (Lipinski definition) is 11. The van der Waals surface area contributed by atoms with Crippen LogP contribution in [-0.2, 0) is 28.9 Å². The minimum absolute atomic E-state index is 0.192. The average Bonchev–Trinajstić information content (AvgIpc) is 3.01. The summed E-state index contributed by atoms with van der Waals surface area (Å²) in [6, 6.07) is 8.33. The van der Waals surface area contributed by atoms with Gasteiger partial charge in [0.25, 0.3) is 0 Å². The number of nitrogens with one attached hydrogen (secondary N) is 3. The van der Waals surface area contributed by atoms with Crippen molar-refractivity contribution in [2.45, 2.75) is 83.9 Å². The first kappa shape index (κ1) is 31.3. The molecule has 1 atom stereocenters. The van der Waals surface area contributed by atoms with Gasteiger partial charge in [-0.15, -0.1) is 0 Å². The summed E-state index contributed by atoms with van der Waals surface area (Å²) in [5, 5.41) is 29.6. The molecule has 0 unspecified atom stereocenters. The van der Waals surface area contributed by atoms with E-state index in [2.05, 4.69) is 49.9 Å². The standard InChI is InChI=1S/C33H45N7O4/c1-5-24-30(36-19-26(32(43)44-33(2,3)4)35-18-21-8-11-27(41)28(42)17-21)37-20-38-31(24)40-15-12-22(13-16-40)25-10-9-23-7-6-14-34-29(23)39-25/h8-11,17,20,22,26,35,41-42H,5-7,12-16,18-19H2,1-4H3,(H,34,39)(H,36,37,38)/t26-/m0/s1. The molecule has 4 heterocycles. The summed E-state index contributed by atoms with van der Waals surface area (Å²) in [6.07, 6.45) is 6.56. The number of piperidine rings is 1. The molecule has 1 fully saturated rings. The number of fused-ring (bicyclic) bond motifs is 1. The van der Waals surface area contributed by atoms with Gasteiger partial charge in [-0.3, -0.25) is 10.1 Å². The van der Waals surface area contributed by atoms with Crippen LogP contribution >= 0.6 is 0 Å². The van der Waals surface area contributed by atoms with Crippen LogP contribution in [0.5, 0.6) is 11.5 Å². The van der Waals surface area contributed by atoms with E-state index in [0.29, 0.717) is 18.3 Å². The number of carbonyl (C=O) groups excluding carboxylic acids is 1. The van der Waals surface area contributed by atoms with Gasteiger partial charge in [0.15, 0.2) is 11.5 Å². The molecule has 3 aromatic rings. The molecule has 11 heteroatoms. The number of aromatic nitrogens is 3. The number of hydrogen-bond donors (Lipinski definition) is 5. The Morgan fingerprint density at radius 2 is 1.93 bits per heavy atom. The fourth-order valence-corrected chi connectivity index (χ4v) is 5.84. The Balaban J connectivity index is 1.25. The van der Waals surface area contributed by atoms with Crippen LogP contribution in [0.4, 0.5) is 17.5 Å². The molecule has 0 aliphatic carbocycles. The monoisotopic (exact) mass is 603 g/mol. The summed E-state index contributed by atoms with van der Waals surface area (Å²) < 4.78 is 5.69. The number of aryl methyl sites for hydroxylation is 1. The Labute approximate surface area is 259 Å². The smallest absolute Gasteiger partial charge is 0.325 e. The third-order valence-corrected chi connectivity index (χ3v) is 8.16. The first-order valence-electron chi connectivity index (χ1n) is 15.6. The van der Waals surface area contributed by atoms with Crippen LogP contribution in [0.1, 0.15) is 75.3 Å². The number of phenolic OH excluding ortho intramolecular Hbond substituents is 2. The van der Waals surface area contributed by atoms with Crippen molar-refractivity contribution in [1.82, 2.24) is 20.3 Å². The summed E-state index contributed by atoms with van der Waals surface area (Å²) in [5.74, 6) is 2.29. The van der Waals surface area contributed by atoms with Crippen LogP contribution < -0.4 is 20.9 Å². The van der Waals surface area contributed by atoms with Gasteiger partial charge in [-0.1, -0.05) is 19.1 Å². The quantitative estimate of drug-likeness (QED) is 0.165. The molecule has 5 N–H and O–H groups in total. The van der Waals surface area contributed by atoms with Crippen LogP contribution in [0.2, 0.25) is 0 Å². The number of phenols is 2. The average molecular weight is 604 g/mol. The number of ether oxygens (including phenoxy) is 1. The van der Waals surface area contributed by atoms with E-state index in [1.54, 1.807) is 12.4 Å². The van der Waals surface area contributed by atoms with Crippen LogP contribution in [0.25, 0.3) is 0 Å². The summed E-state index contributed by atoms with van der Waals surface area (Å²) >= 11 is 0. The zero-order chi connectivity index (χ0) is 31.3. The van der Waals surface area contributed by atoms with Gasteiger partial charge in [0.2, 0.25) is 0 Å². The highest BCUT2D eigenvalue weighted by molar-refractivity contribution is 5.77. The van der Waals surface area contributed by atoms with E-state index in [1.807, 2.05) is 20.8 Å². The van der Waals surface area contributed by atoms with E-state index in [0.717, 1.165) is 74.5 Å². The summed E-state index contributed by atoms with van der Waals surface area (Å²) in [6.45, 7) is 10.9. The predicted octanol–water partition coefficient (Wildman–Crippen LogP) is 4.50. The molecule has 2 aliphatic rings. The highest BCUT2D eigenvalue weighted by atomic mass is 16.6. The van der Waals surface area contributed by atoms with E-state index < -0.39 is 17.6 Å². The van der Waals surface area contributed by atoms with Gasteiger partial charge in [0.1, 0.15) is 35.4 Å². The summed E-state index contributed by atoms with van der Waals surface area (Å²) in [5.41, 5.74) is 3.56. The number of esters is 1. The van der Waals surface area contributed by atoms with E-state index in [9.17, 15) is 15.0 Å². The largest absolute Gasteiger partial charge is 0.504 e. The number of pyridine rings is 1. The van der Waals surface area contributed by atoms with Crippen molar-refractivity contribution in [1.29, 1.82) is 0 Å². The van der Waals surface area contributed by atoms with Gasteiger partial charge in [-0.05, 0) is 82.2 Å². The Morgan fingerprint density at radius 1 is 1.14 bits per heavy atom. The number of rotatable bonds is 10. The number of carbonyl (C=O) groups is 1. The van der Waals surface area contributed by atoms with Gasteiger partial charge < -0.3 is 30.5 Å². The molecule has 0 saturated carbocycles. The Bertz CT molecular complexity index is 1450. The Hall–Kier alpha value is -4.12. The van der Waals surface area contributed by atoms with Crippen molar-refractivity contribution in [3.05, 3.63) is 59.0 Å². The van der Waals surface area contributed by atoms with Crippen molar-refractivity contribution < 1.29 is 19.7 Å². The molecule has 1 aromatic carbocycles. The Kier molecular flexibility index (Phi) is 9.73. The molecule has 0 radical (unpaired) electrons. The zero-order valence-corrected chi connectivity index (χ0v) is 26.2.